The smallest absolute Gasteiger partial charge is 0.238 e. The van der Waals surface area contributed by atoms with Crippen LogP contribution in [0.1, 0.15) is 25.3 Å². The van der Waals surface area contributed by atoms with Crippen molar-refractivity contribution in [1.82, 2.24) is 0 Å². The Hall–Kier alpha value is -2.24. The average Bonchev–Trinajstić information content (AvgIpc) is 2.43. The molecule has 0 atom stereocenters. The third kappa shape index (κ3) is 2.66. The summed E-state index contributed by atoms with van der Waals surface area (Å²) in [6, 6.07) is 5.53. The largest absolute Gasteiger partial charge is 0.495 e. The zero-order valence-electron chi connectivity index (χ0n) is 12.5. The SMILES string of the molecule is COc1ccc(C)cc1NC(=O)C1(/C(N)=N/O)CC(C)C1. The Kier molecular flexibility index (Phi) is 4.06. The number of benzene rings is 1. The van der Waals surface area contributed by atoms with E-state index in [1.54, 1.807) is 13.2 Å². The summed E-state index contributed by atoms with van der Waals surface area (Å²) in [6.07, 6.45) is 1.14. The summed E-state index contributed by atoms with van der Waals surface area (Å²) < 4.78 is 5.25. The monoisotopic (exact) mass is 291 g/mol. The van der Waals surface area contributed by atoms with E-state index in [4.69, 9.17) is 15.7 Å². The number of nitrogens with zero attached hydrogens (tertiary/aromatic N) is 1. The second-order valence-electron chi connectivity index (χ2n) is 5.74. The van der Waals surface area contributed by atoms with E-state index in [-0.39, 0.29) is 11.7 Å². The van der Waals surface area contributed by atoms with Crippen LogP contribution in [0.4, 0.5) is 5.69 Å². The summed E-state index contributed by atoms with van der Waals surface area (Å²) in [5.74, 6) is 0.649. The van der Waals surface area contributed by atoms with Crippen molar-refractivity contribution in [2.24, 2.45) is 22.2 Å². The molecule has 1 aromatic carbocycles. The minimum absolute atomic E-state index is 0.0373. The van der Waals surface area contributed by atoms with Crippen molar-refractivity contribution in [2.75, 3.05) is 12.4 Å². The molecular formula is C15H21N3O3. The lowest BCUT2D eigenvalue weighted by molar-refractivity contribution is -0.127. The van der Waals surface area contributed by atoms with Crippen LogP contribution in [0.25, 0.3) is 0 Å². The number of methoxy groups -OCH3 is 1. The number of hydrogen-bond donors (Lipinski definition) is 3. The molecule has 6 heteroatoms. The van der Waals surface area contributed by atoms with Gasteiger partial charge in [0.15, 0.2) is 5.84 Å². The number of oxime groups is 1. The van der Waals surface area contributed by atoms with Crippen molar-refractivity contribution in [3.05, 3.63) is 23.8 Å². The van der Waals surface area contributed by atoms with E-state index in [0.717, 1.165) is 5.56 Å². The first-order valence-corrected chi connectivity index (χ1v) is 6.87. The van der Waals surface area contributed by atoms with E-state index in [9.17, 15) is 4.79 Å². The Morgan fingerprint density at radius 1 is 1.52 bits per heavy atom. The standard InChI is InChI=1S/C15H21N3O3/c1-9-4-5-12(21-3)11(6-9)17-14(19)15(13(16)18-20)7-10(2)8-15/h4-6,10,20H,7-8H2,1-3H3,(H2,16,18)(H,17,19). The maximum Gasteiger partial charge on any atom is 0.238 e. The van der Waals surface area contributed by atoms with Crippen LogP contribution in [-0.2, 0) is 4.79 Å². The van der Waals surface area contributed by atoms with Crippen LogP contribution < -0.4 is 15.8 Å². The summed E-state index contributed by atoms with van der Waals surface area (Å²) in [7, 11) is 1.55. The average molecular weight is 291 g/mol. The molecule has 1 aliphatic rings. The van der Waals surface area contributed by atoms with Crippen molar-refractivity contribution in [3.8, 4) is 5.75 Å². The predicted molar refractivity (Wildman–Crippen MR) is 80.6 cm³/mol. The summed E-state index contributed by atoms with van der Waals surface area (Å²) in [5.41, 5.74) is 6.41. The fraction of sp³-hybridized carbons (Fsp3) is 0.467. The molecule has 0 bridgehead atoms. The fourth-order valence-corrected chi connectivity index (χ4v) is 2.90. The van der Waals surface area contributed by atoms with Crippen molar-refractivity contribution < 1.29 is 14.7 Å². The number of nitrogens with two attached hydrogens (primary N) is 1. The molecule has 0 unspecified atom stereocenters. The number of carbonyl (C=O) groups excluding carboxylic acids is 1. The maximum atomic E-state index is 12.6. The highest BCUT2D eigenvalue weighted by Gasteiger charge is 2.52. The van der Waals surface area contributed by atoms with Crippen LogP contribution in [0, 0.1) is 18.3 Å². The van der Waals surface area contributed by atoms with Gasteiger partial charge in [-0.1, -0.05) is 18.1 Å². The summed E-state index contributed by atoms with van der Waals surface area (Å²) in [6.45, 7) is 3.96. The third-order valence-corrected chi connectivity index (χ3v) is 4.03. The molecule has 1 saturated carbocycles. The van der Waals surface area contributed by atoms with Gasteiger partial charge in [-0.25, -0.2) is 0 Å². The highest BCUT2D eigenvalue weighted by Crippen LogP contribution is 2.46. The molecule has 6 nitrogen and oxygen atoms in total. The first-order chi connectivity index (χ1) is 9.92. The van der Waals surface area contributed by atoms with Gasteiger partial charge in [0.1, 0.15) is 11.2 Å². The molecule has 0 aliphatic heterocycles. The van der Waals surface area contributed by atoms with Gasteiger partial charge in [-0.3, -0.25) is 4.79 Å². The summed E-state index contributed by atoms with van der Waals surface area (Å²) in [5, 5.41) is 14.8. The highest BCUT2D eigenvalue weighted by molar-refractivity contribution is 6.13. The van der Waals surface area contributed by atoms with Gasteiger partial charge in [0.25, 0.3) is 0 Å². The zero-order chi connectivity index (χ0) is 15.6. The van der Waals surface area contributed by atoms with Gasteiger partial charge in [0.05, 0.1) is 12.8 Å². The van der Waals surface area contributed by atoms with Crippen LogP contribution in [0.5, 0.6) is 5.75 Å². The first kappa shape index (κ1) is 15.2. The number of aryl methyl sites for hydroxylation is 1. The summed E-state index contributed by atoms with van der Waals surface area (Å²) in [4.78, 5) is 12.6. The normalized spacial score (nSPS) is 25.1. The van der Waals surface area contributed by atoms with E-state index in [2.05, 4.69) is 10.5 Å². The topological polar surface area (TPSA) is 96.9 Å². The van der Waals surface area contributed by atoms with Gasteiger partial charge in [-0.05, 0) is 43.4 Å². The Morgan fingerprint density at radius 2 is 2.19 bits per heavy atom. The number of carbonyl (C=O) groups is 1. The van der Waals surface area contributed by atoms with Crippen LogP contribution in [-0.4, -0.2) is 24.1 Å². The number of amidine groups is 1. The van der Waals surface area contributed by atoms with Gasteiger partial charge in [0, 0.05) is 0 Å². The van der Waals surface area contributed by atoms with Gasteiger partial charge in [0.2, 0.25) is 5.91 Å². The van der Waals surface area contributed by atoms with E-state index >= 15 is 0 Å². The zero-order valence-corrected chi connectivity index (χ0v) is 12.5. The van der Waals surface area contributed by atoms with Crippen molar-refractivity contribution in [1.29, 1.82) is 0 Å². The molecule has 0 saturated heterocycles. The Labute approximate surface area is 124 Å². The van der Waals surface area contributed by atoms with E-state index in [1.807, 2.05) is 26.0 Å². The second kappa shape index (κ2) is 5.63. The minimum atomic E-state index is -0.928. The van der Waals surface area contributed by atoms with E-state index < -0.39 is 5.41 Å². The number of hydrogen-bond acceptors (Lipinski definition) is 4. The quantitative estimate of drug-likeness (QED) is 0.342. The van der Waals surface area contributed by atoms with Gasteiger partial charge >= 0.3 is 0 Å². The second-order valence-corrected chi connectivity index (χ2v) is 5.74. The molecule has 114 valence electrons. The van der Waals surface area contributed by atoms with Crippen LogP contribution in [0.2, 0.25) is 0 Å². The molecule has 21 heavy (non-hydrogen) atoms. The minimum Gasteiger partial charge on any atom is -0.495 e. The van der Waals surface area contributed by atoms with Crippen molar-refractivity contribution >= 4 is 17.4 Å². The summed E-state index contributed by atoms with van der Waals surface area (Å²) >= 11 is 0. The lowest BCUT2D eigenvalue weighted by atomic mass is 9.61. The molecule has 0 radical (unpaired) electrons. The molecule has 0 spiro atoms. The molecule has 2 rings (SSSR count). The lowest BCUT2D eigenvalue weighted by Crippen LogP contribution is -2.54. The fourth-order valence-electron chi connectivity index (χ4n) is 2.90. The van der Waals surface area contributed by atoms with Gasteiger partial charge in [-0.15, -0.1) is 0 Å². The van der Waals surface area contributed by atoms with E-state index in [1.165, 1.54) is 0 Å². The van der Waals surface area contributed by atoms with Crippen molar-refractivity contribution in [3.63, 3.8) is 0 Å². The number of rotatable bonds is 4. The Bertz CT molecular complexity index is 578. The number of amides is 1. The molecule has 4 N–H and O–H groups in total. The molecule has 1 aliphatic carbocycles. The van der Waals surface area contributed by atoms with Crippen LogP contribution in [0.3, 0.4) is 0 Å². The predicted octanol–water partition coefficient (Wildman–Crippen LogP) is 2.10. The third-order valence-electron chi connectivity index (χ3n) is 4.03. The maximum absolute atomic E-state index is 12.6. The highest BCUT2D eigenvalue weighted by atomic mass is 16.5. The first-order valence-electron chi connectivity index (χ1n) is 6.87. The van der Waals surface area contributed by atoms with Crippen LogP contribution >= 0.6 is 0 Å². The Morgan fingerprint density at radius 3 is 2.71 bits per heavy atom. The number of ether oxygens (including phenoxy) is 1. The Balaban J connectivity index is 2.27. The molecular weight excluding hydrogens is 270 g/mol. The van der Waals surface area contributed by atoms with Crippen LogP contribution in [0.15, 0.2) is 23.4 Å². The molecule has 0 heterocycles. The van der Waals surface area contributed by atoms with Gasteiger partial charge < -0.3 is 21.0 Å². The lowest BCUT2D eigenvalue weighted by Gasteiger charge is -2.43. The van der Waals surface area contributed by atoms with E-state index in [0.29, 0.717) is 30.2 Å². The molecule has 0 aromatic heterocycles. The molecule has 1 fully saturated rings. The number of nitrogens with one attached hydrogen (secondary N) is 1. The molecule has 1 amide bonds. The number of anilines is 1. The van der Waals surface area contributed by atoms with Gasteiger partial charge in [-0.2, -0.15) is 0 Å². The van der Waals surface area contributed by atoms with Crippen molar-refractivity contribution in [2.45, 2.75) is 26.7 Å². The molecule has 1 aromatic rings.